The molecule has 1 aromatic rings. The van der Waals surface area contributed by atoms with Crippen LogP contribution in [-0.4, -0.2) is 33.9 Å². The zero-order valence-corrected chi connectivity index (χ0v) is 10.8. The summed E-state index contributed by atoms with van der Waals surface area (Å²) in [4.78, 5) is 24.1. The number of rotatable bonds is 5. The van der Waals surface area contributed by atoms with E-state index in [1.54, 1.807) is 0 Å². The molecule has 1 N–H and O–H groups in total. The SMILES string of the molecule is C#CCN(CC1CC1)C(=O)c1cc(O)ccc1[N+](=O)[O-]. The molecule has 1 amide bonds. The molecule has 0 spiro atoms. The standard InChI is InChI=1S/C14H14N2O4/c1-2-7-15(9-10-3-4-10)14(18)12-8-11(17)5-6-13(12)16(19)20/h1,5-6,8,10,17H,3-4,7,9H2. The topological polar surface area (TPSA) is 83.7 Å². The van der Waals surface area contributed by atoms with Crippen molar-refractivity contribution >= 4 is 11.6 Å². The van der Waals surface area contributed by atoms with Gasteiger partial charge in [-0.1, -0.05) is 5.92 Å². The Morgan fingerprint density at radius 2 is 2.25 bits per heavy atom. The predicted molar refractivity (Wildman–Crippen MR) is 72.2 cm³/mol. The van der Waals surface area contributed by atoms with Gasteiger partial charge < -0.3 is 10.0 Å². The maximum absolute atomic E-state index is 12.4. The zero-order chi connectivity index (χ0) is 14.7. The van der Waals surface area contributed by atoms with Crippen molar-refractivity contribution < 1.29 is 14.8 Å². The van der Waals surface area contributed by atoms with Crippen LogP contribution < -0.4 is 0 Å². The zero-order valence-electron chi connectivity index (χ0n) is 10.8. The second kappa shape index (κ2) is 5.61. The lowest BCUT2D eigenvalue weighted by Crippen LogP contribution is -2.33. The molecule has 0 bridgehead atoms. The number of phenols is 1. The molecule has 2 rings (SSSR count). The number of nitro benzene ring substituents is 1. The molecule has 1 fully saturated rings. The lowest BCUT2D eigenvalue weighted by Gasteiger charge is -2.20. The minimum absolute atomic E-state index is 0.0993. The van der Waals surface area contributed by atoms with Crippen LogP contribution in [0.3, 0.4) is 0 Å². The van der Waals surface area contributed by atoms with Gasteiger partial charge in [0.25, 0.3) is 11.6 Å². The van der Waals surface area contributed by atoms with Gasteiger partial charge in [0.15, 0.2) is 0 Å². The van der Waals surface area contributed by atoms with Gasteiger partial charge in [-0.2, -0.15) is 0 Å². The highest BCUT2D eigenvalue weighted by Gasteiger charge is 2.30. The Bertz CT molecular complexity index is 587. The Labute approximate surface area is 116 Å². The summed E-state index contributed by atoms with van der Waals surface area (Å²) in [6.45, 7) is 0.595. The van der Waals surface area contributed by atoms with E-state index in [2.05, 4.69) is 5.92 Å². The molecule has 20 heavy (non-hydrogen) atoms. The molecular weight excluding hydrogens is 260 g/mol. The third-order valence-electron chi connectivity index (χ3n) is 3.15. The van der Waals surface area contributed by atoms with E-state index in [1.165, 1.54) is 11.0 Å². The number of nitro groups is 1. The molecule has 1 aromatic carbocycles. The second-order valence-electron chi connectivity index (χ2n) is 4.79. The van der Waals surface area contributed by atoms with Gasteiger partial charge in [-0.25, -0.2) is 0 Å². The fraction of sp³-hybridized carbons (Fsp3) is 0.357. The van der Waals surface area contributed by atoms with E-state index in [0.29, 0.717) is 12.5 Å². The molecule has 0 unspecified atom stereocenters. The Morgan fingerprint density at radius 1 is 1.55 bits per heavy atom. The average molecular weight is 274 g/mol. The minimum atomic E-state index is -0.641. The van der Waals surface area contributed by atoms with Crippen LogP contribution in [0.1, 0.15) is 23.2 Å². The third kappa shape index (κ3) is 3.06. The van der Waals surface area contributed by atoms with E-state index in [1.807, 2.05) is 0 Å². The molecule has 0 heterocycles. The summed E-state index contributed by atoms with van der Waals surface area (Å²) in [5.74, 6) is 2.10. The number of aromatic hydroxyl groups is 1. The van der Waals surface area contributed by atoms with E-state index in [-0.39, 0.29) is 23.5 Å². The van der Waals surface area contributed by atoms with Crippen molar-refractivity contribution in [3.8, 4) is 18.1 Å². The maximum Gasteiger partial charge on any atom is 0.282 e. The normalized spacial score (nSPS) is 13.6. The van der Waals surface area contributed by atoms with E-state index in [4.69, 9.17) is 6.42 Å². The van der Waals surface area contributed by atoms with Gasteiger partial charge in [-0.3, -0.25) is 14.9 Å². The van der Waals surface area contributed by atoms with Crippen LogP contribution in [-0.2, 0) is 0 Å². The molecule has 6 nitrogen and oxygen atoms in total. The van der Waals surface area contributed by atoms with Gasteiger partial charge in [0.05, 0.1) is 11.5 Å². The van der Waals surface area contributed by atoms with E-state index in [0.717, 1.165) is 25.0 Å². The van der Waals surface area contributed by atoms with Crippen LogP contribution in [0.2, 0.25) is 0 Å². The van der Waals surface area contributed by atoms with Gasteiger partial charge in [0, 0.05) is 12.6 Å². The van der Waals surface area contributed by atoms with Crippen molar-refractivity contribution in [2.24, 2.45) is 5.92 Å². The molecule has 1 saturated carbocycles. The summed E-state index contributed by atoms with van der Waals surface area (Å²) in [6.07, 6.45) is 7.32. The Balaban J connectivity index is 2.31. The maximum atomic E-state index is 12.4. The van der Waals surface area contributed by atoms with Gasteiger partial charge in [-0.15, -0.1) is 6.42 Å². The highest BCUT2D eigenvalue weighted by atomic mass is 16.6. The lowest BCUT2D eigenvalue weighted by molar-refractivity contribution is -0.385. The summed E-state index contributed by atoms with van der Waals surface area (Å²) in [5.41, 5.74) is -0.462. The summed E-state index contributed by atoms with van der Waals surface area (Å²) < 4.78 is 0. The fourth-order valence-corrected chi connectivity index (χ4v) is 1.97. The van der Waals surface area contributed by atoms with Crippen LogP contribution in [0.5, 0.6) is 5.75 Å². The summed E-state index contributed by atoms with van der Waals surface area (Å²) in [6, 6.07) is 3.41. The van der Waals surface area contributed by atoms with Gasteiger partial charge in [0.2, 0.25) is 0 Å². The minimum Gasteiger partial charge on any atom is -0.508 e. The van der Waals surface area contributed by atoms with Crippen LogP contribution >= 0.6 is 0 Å². The number of carbonyl (C=O) groups is 1. The quantitative estimate of drug-likeness (QED) is 0.504. The fourth-order valence-electron chi connectivity index (χ4n) is 1.97. The van der Waals surface area contributed by atoms with Crippen LogP contribution in [0.15, 0.2) is 18.2 Å². The second-order valence-corrected chi connectivity index (χ2v) is 4.79. The number of terminal acetylenes is 1. The number of carbonyl (C=O) groups excluding carboxylic acids is 1. The summed E-state index contributed by atoms with van der Waals surface area (Å²) in [5, 5.41) is 20.4. The highest BCUT2D eigenvalue weighted by Crippen LogP contribution is 2.31. The van der Waals surface area contributed by atoms with Crippen LogP contribution in [0, 0.1) is 28.4 Å². The van der Waals surface area contributed by atoms with Crippen molar-refractivity contribution in [3.63, 3.8) is 0 Å². The third-order valence-corrected chi connectivity index (χ3v) is 3.15. The van der Waals surface area contributed by atoms with Crippen LogP contribution in [0.4, 0.5) is 5.69 Å². The lowest BCUT2D eigenvalue weighted by atomic mass is 10.1. The Hall–Kier alpha value is -2.55. The van der Waals surface area contributed by atoms with Crippen molar-refractivity contribution in [2.75, 3.05) is 13.1 Å². The molecule has 0 aromatic heterocycles. The number of amides is 1. The predicted octanol–water partition coefficient (Wildman–Crippen LogP) is 1.79. The first-order chi connectivity index (χ1) is 9.52. The summed E-state index contributed by atoms with van der Waals surface area (Å²) in [7, 11) is 0. The van der Waals surface area contributed by atoms with Gasteiger partial charge >= 0.3 is 0 Å². The Kier molecular flexibility index (Phi) is 3.89. The van der Waals surface area contributed by atoms with Crippen molar-refractivity contribution in [2.45, 2.75) is 12.8 Å². The number of phenolic OH excluding ortho intramolecular Hbond substituents is 1. The molecule has 0 saturated heterocycles. The van der Waals surface area contributed by atoms with E-state index < -0.39 is 10.8 Å². The molecule has 0 atom stereocenters. The van der Waals surface area contributed by atoms with Gasteiger partial charge in [-0.05, 0) is 30.9 Å². The average Bonchev–Trinajstić information content (AvgIpc) is 3.21. The molecule has 104 valence electrons. The van der Waals surface area contributed by atoms with Crippen LogP contribution in [0.25, 0.3) is 0 Å². The van der Waals surface area contributed by atoms with E-state index >= 15 is 0 Å². The largest absolute Gasteiger partial charge is 0.508 e. The molecule has 0 aliphatic heterocycles. The Morgan fingerprint density at radius 3 is 2.80 bits per heavy atom. The first-order valence-corrected chi connectivity index (χ1v) is 6.23. The highest BCUT2D eigenvalue weighted by molar-refractivity contribution is 5.98. The molecule has 1 aliphatic carbocycles. The monoisotopic (exact) mass is 274 g/mol. The smallest absolute Gasteiger partial charge is 0.282 e. The van der Waals surface area contributed by atoms with E-state index in [9.17, 15) is 20.0 Å². The first kappa shape index (κ1) is 13.9. The number of hydrogen-bond donors (Lipinski definition) is 1. The molecule has 6 heteroatoms. The number of benzene rings is 1. The summed E-state index contributed by atoms with van der Waals surface area (Å²) >= 11 is 0. The molecule has 1 aliphatic rings. The van der Waals surface area contributed by atoms with Crippen molar-refractivity contribution in [1.82, 2.24) is 4.90 Å². The molecular formula is C14H14N2O4. The van der Waals surface area contributed by atoms with Crippen molar-refractivity contribution in [1.29, 1.82) is 0 Å². The number of nitrogens with zero attached hydrogens (tertiary/aromatic N) is 2. The van der Waals surface area contributed by atoms with Crippen molar-refractivity contribution in [3.05, 3.63) is 33.9 Å². The first-order valence-electron chi connectivity index (χ1n) is 6.23. The molecule has 0 radical (unpaired) electrons. The van der Waals surface area contributed by atoms with Gasteiger partial charge in [0.1, 0.15) is 11.3 Å². The number of hydrogen-bond acceptors (Lipinski definition) is 4.